The highest BCUT2D eigenvalue weighted by molar-refractivity contribution is 9.10. The van der Waals surface area contributed by atoms with Gasteiger partial charge in [0, 0.05) is 4.47 Å². The molecule has 0 aliphatic rings. The number of carbonyl (C=O) groups excluding carboxylic acids is 1. The molecule has 0 aliphatic carbocycles. The summed E-state index contributed by atoms with van der Waals surface area (Å²) in [6.45, 7) is 1.24. The normalized spacial score (nSPS) is 13.3. The van der Waals surface area contributed by atoms with Crippen molar-refractivity contribution >= 4 is 37.5 Å². The van der Waals surface area contributed by atoms with Crippen molar-refractivity contribution in [2.24, 2.45) is 0 Å². The summed E-state index contributed by atoms with van der Waals surface area (Å²) in [5.74, 6) is -0.914. The van der Waals surface area contributed by atoms with Gasteiger partial charge in [-0.05, 0) is 43.3 Å². The van der Waals surface area contributed by atoms with E-state index in [0.717, 1.165) is 12.1 Å². The molecule has 2 N–H and O–H groups in total. The minimum absolute atomic E-state index is 0.0731. The zero-order chi connectivity index (χ0) is 19.5. The van der Waals surface area contributed by atoms with E-state index in [1.165, 1.54) is 43.3 Å². The van der Waals surface area contributed by atoms with Gasteiger partial charge >= 0.3 is 6.18 Å². The Bertz CT molecular complexity index is 900. The fourth-order valence-corrected chi connectivity index (χ4v) is 3.52. The van der Waals surface area contributed by atoms with E-state index >= 15 is 0 Å². The van der Waals surface area contributed by atoms with Crippen LogP contribution in [0.3, 0.4) is 0 Å². The summed E-state index contributed by atoms with van der Waals surface area (Å²) in [5, 5.41) is 2.11. The molecular formula is C16H14BrF3N2O3S. The van der Waals surface area contributed by atoms with Crippen molar-refractivity contribution < 1.29 is 26.4 Å². The van der Waals surface area contributed by atoms with Gasteiger partial charge in [0.1, 0.15) is 0 Å². The molecule has 0 aliphatic heterocycles. The highest BCUT2D eigenvalue weighted by atomic mass is 79.9. The summed E-state index contributed by atoms with van der Waals surface area (Å²) in [6.07, 6.45) is -4.65. The van der Waals surface area contributed by atoms with Crippen LogP contribution in [0.4, 0.5) is 18.9 Å². The van der Waals surface area contributed by atoms with Crippen molar-refractivity contribution in [3.8, 4) is 0 Å². The number of benzene rings is 2. The van der Waals surface area contributed by atoms with E-state index < -0.39 is 39.4 Å². The standard InChI is InChI=1S/C16H14BrF3N2O3S/c1-10(22-26(24,25)12-8-6-11(17)7-9-12)15(23)21-14-5-3-2-4-13(14)16(18,19)20/h2-10,22H,1H3,(H,21,23)/t10-/m1/s1. The van der Waals surface area contributed by atoms with Crippen molar-refractivity contribution in [2.45, 2.75) is 24.0 Å². The van der Waals surface area contributed by atoms with Gasteiger partial charge in [-0.15, -0.1) is 0 Å². The number of hydrogen-bond acceptors (Lipinski definition) is 3. The van der Waals surface area contributed by atoms with Crippen molar-refractivity contribution in [2.75, 3.05) is 5.32 Å². The molecule has 0 saturated carbocycles. The van der Waals surface area contributed by atoms with Crippen molar-refractivity contribution in [1.82, 2.24) is 4.72 Å². The summed E-state index contributed by atoms with van der Waals surface area (Å²) in [6, 6.07) is 8.84. The number of rotatable bonds is 5. The quantitative estimate of drug-likeness (QED) is 0.727. The molecule has 2 aromatic carbocycles. The van der Waals surface area contributed by atoms with Gasteiger partial charge < -0.3 is 5.32 Å². The van der Waals surface area contributed by atoms with Crippen molar-refractivity contribution in [3.63, 3.8) is 0 Å². The summed E-state index contributed by atoms with van der Waals surface area (Å²) >= 11 is 3.17. The number of para-hydroxylation sites is 1. The van der Waals surface area contributed by atoms with Gasteiger partial charge in [0.05, 0.1) is 22.2 Å². The third kappa shape index (κ3) is 5.05. The van der Waals surface area contributed by atoms with E-state index in [1.807, 2.05) is 0 Å². The fourth-order valence-electron chi connectivity index (χ4n) is 2.05. The molecule has 0 spiro atoms. The lowest BCUT2D eigenvalue weighted by Crippen LogP contribution is -2.41. The summed E-state index contributed by atoms with van der Waals surface area (Å²) in [4.78, 5) is 12.1. The number of alkyl halides is 3. The minimum Gasteiger partial charge on any atom is -0.324 e. The molecule has 0 bridgehead atoms. The third-order valence-electron chi connectivity index (χ3n) is 3.34. The van der Waals surface area contributed by atoms with Gasteiger partial charge in [0.15, 0.2) is 0 Å². The predicted molar refractivity (Wildman–Crippen MR) is 94.0 cm³/mol. The Hall–Kier alpha value is -1.91. The fraction of sp³-hybridized carbons (Fsp3) is 0.188. The Labute approximate surface area is 156 Å². The Morgan fingerprint density at radius 2 is 1.65 bits per heavy atom. The molecule has 26 heavy (non-hydrogen) atoms. The molecule has 1 amide bonds. The average molecular weight is 451 g/mol. The zero-order valence-corrected chi connectivity index (χ0v) is 15.7. The van der Waals surface area contributed by atoms with Crippen LogP contribution in [0.25, 0.3) is 0 Å². The van der Waals surface area contributed by atoms with E-state index in [9.17, 15) is 26.4 Å². The number of halogens is 4. The molecule has 2 aromatic rings. The molecule has 0 radical (unpaired) electrons. The van der Waals surface area contributed by atoms with E-state index in [2.05, 4.69) is 26.0 Å². The average Bonchev–Trinajstić information content (AvgIpc) is 2.54. The van der Waals surface area contributed by atoms with Gasteiger partial charge in [-0.3, -0.25) is 4.79 Å². The van der Waals surface area contributed by atoms with Crippen LogP contribution in [0.5, 0.6) is 0 Å². The number of nitrogens with one attached hydrogen (secondary N) is 2. The molecule has 10 heteroatoms. The van der Waals surface area contributed by atoms with Crippen molar-refractivity contribution in [1.29, 1.82) is 0 Å². The zero-order valence-electron chi connectivity index (χ0n) is 13.3. The lowest BCUT2D eigenvalue weighted by atomic mass is 10.1. The highest BCUT2D eigenvalue weighted by Gasteiger charge is 2.34. The van der Waals surface area contributed by atoms with Crippen LogP contribution in [0.15, 0.2) is 57.9 Å². The second kappa shape index (κ2) is 7.77. The lowest BCUT2D eigenvalue weighted by molar-refractivity contribution is -0.137. The second-order valence-electron chi connectivity index (χ2n) is 5.33. The maximum absolute atomic E-state index is 13.0. The molecule has 0 aromatic heterocycles. The van der Waals surface area contributed by atoms with Crippen molar-refractivity contribution in [3.05, 3.63) is 58.6 Å². The van der Waals surface area contributed by atoms with Crippen LogP contribution in [-0.4, -0.2) is 20.4 Å². The van der Waals surface area contributed by atoms with Crippen LogP contribution in [0, 0.1) is 0 Å². The molecule has 5 nitrogen and oxygen atoms in total. The largest absolute Gasteiger partial charge is 0.418 e. The van der Waals surface area contributed by atoms with Gasteiger partial charge in [0.2, 0.25) is 15.9 Å². The van der Waals surface area contributed by atoms with E-state index in [4.69, 9.17) is 0 Å². The maximum Gasteiger partial charge on any atom is 0.418 e. The van der Waals surface area contributed by atoms with Gasteiger partial charge in [-0.2, -0.15) is 17.9 Å². The Morgan fingerprint density at radius 1 is 1.08 bits per heavy atom. The number of sulfonamides is 1. The van der Waals surface area contributed by atoms with Crippen LogP contribution in [-0.2, 0) is 21.0 Å². The first-order valence-electron chi connectivity index (χ1n) is 7.26. The Balaban J connectivity index is 2.15. The lowest BCUT2D eigenvalue weighted by Gasteiger charge is -2.17. The molecule has 0 unspecified atom stereocenters. The first-order chi connectivity index (χ1) is 12.0. The van der Waals surface area contributed by atoms with Crippen LogP contribution in [0.1, 0.15) is 12.5 Å². The highest BCUT2D eigenvalue weighted by Crippen LogP contribution is 2.34. The van der Waals surface area contributed by atoms with Gasteiger partial charge in [-0.25, -0.2) is 8.42 Å². The van der Waals surface area contributed by atoms with Crippen LogP contribution in [0.2, 0.25) is 0 Å². The van der Waals surface area contributed by atoms with Crippen LogP contribution >= 0.6 is 15.9 Å². The topological polar surface area (TPSA) is 75.3 Å². The number of amides is 1. The molecule has 0 heterocycles. The summed E-state index contributed by atoms with van der Waals surface area (Å²) < 4.78 is 66.2. The molecule has 140 valence electrons. The Kier molecular flexibility index (Phi) is 6.09. The molecular weight excluding hydrogens is 437 g/mol. The van der Waals surface area contributed by atoms with E-state index in [1.54, 1.807) is 0 Å². The maximum atomic E-state index is 13.0. The third-order valence-corrected chi connectivity index (χ3v) is 5.42. The predicted octanol–water partition coefficient (Wildman–Crippen LogP) is 3.77. The number of carbonyl (C=O) groups is 1. The smallest absolute Gasteiger partial charge is 0.324 e. The molecule has 2 rings (SSSR count). The van der Waals surface area contributed by atoms with E-state index in [-0.39, 0.29) is 4.90 Å². The second-order valence-corrected chi connectivity index (χ2v) is 7.96. The first-order valence-corrected chi connectivity index (χ1v) is 9.53. The summed E-state index contributed by atoms with van der Waals surface area (Å²) in [7, 11) is -4.01. The molecule has 1 atom stereocenters. The first kappa shape index (κ1) is 20.4. The number of anilines is 1. The monoisotopic (exact) mass is 450 g/mol. The Morgan fingerprint density at radius 3 is 2.23 bits per heavy atom. The molecule has 0 saturated heterocycles. The minimum atomic E-state index is -4.65. The van der Waals surface area contributed by atoms with E-state index in [0.29, 0.717) is 4.47 Å². The van der Waals surface area contributed by atoms with Gasteiger partial charge in [-0.1, -0.05) is 28.1 Å². The van der Waals surface area contributed by atoms with Crippen LogP contribution < -0.4 is 10.0 Å². The molecule has 0 fully saturated rings. The summed E-state index contributed by atoms with van der Waals surface area (Å²) in [5.41, 5.74) is -1.46. The SMILES string of the molecule is C[C@@H](NS(=O)(=O)c1ccc(Br)cc1)C(=O)Nc1ccccc1C(F)(F)F. The van der Waals surface area contributed by atoms with Gasteiger partial charge in [0.25, 0.3) is 0 Å². The number of hydrogen-bond donors (Lipinski definition) is 2.